The van der Waals surface area contributed by atoms with E-state index in [2.05, 4.69) is 9.98 Å². The lowest BCUT2D eigenvalue weighted by Gasteiger charge is -2.15. The van der Waals surface area contributed by atoms with Crippen LogP contribution in [-0.2, 0) is 13.2 Å². The Morgan fingerprint density at radius 2 is 1.11 bits per heavy atom. The van der Waals surface area contributed by atoms with Crippen molar-refractivity contribution in [3.63, 3.8) is 0 Å². The van der Waals surface area contributed by atoms with Gasteiger partial charge in [-0.15, -0.1) is 0 Å². The average molecular weight is 507 g/mol. The van der Waals surface area contributed by atoms with Crippen LogP contribution < -0.4 is 9.47 Å². The Labute approximate surface area is 214 Å². The zero-order chi connectivity index (χ0) is 25.6. The maximum Gasteiger partial charge on any atom is 0.165 e. The molecule has 0 atom stereocenters. The number of aliphatic imine (C=N–C) groups is 2. The predicted molar refractivity (Wildman–Crippen MR) is 138 cm³/mol. The lowest BCUT2D eigenvalue weighted by molar-refractivity contribution is 0.274. The molecule has 0 aliphatic carbocycles. The lowest BCUT2D eigenvalue weighted by atomic mass is 10.0. The number of rotatable bonds is 8. The van der Waals surface area contributed by atoms with E-state index in [-0.39, 0.29) is 35.8 Å². The predicted octanol–water partition coefficient (Wildman–Crippen LogP) is 7.21. The normalized spacial score (nSPS) is 15.6. The van der Waals surface area contributed by atoms with Gasteiger partial charge in [-0.3, -0.25) is 9.98 Å². The third-order valence-electron chi connectivity index (χ3n) is 6.70. The summed E-state index contributed by atoms with van der Waals surface area (Å²) in [5, 5.41) is 0. The highest BCUT2D eigenvalue weighted by Gasteiger charge is 2.15. The molecule has 2 heterocycles. The number of hydrogen-bond donors (Lipinski definition) is 0. The molecule has 0 saturated heterocycles. The van der Waals surface area contributed by atoms with Crippen molar-refractivity contribution < 1.29 is 22.6 Å². The Morgan fingerprint density at radius 3 is 1.51 bits per heavy atom. The van der Waals surface area contributed by atoms with Gasteiger partial charge in [-0.2, -0.15) is 0 Å². The van der Waals surface area contributed by atoms with Crippen molar-refractivity contribution in [1.82, 2.24) is 0 Å². The van der Waals surface area contributed by atoms with Crippen molar-refractivity contribution in [3.05, 3.63) is 94.3 Å². The minimum absolute atomic E-state index is 0.0472. The van der Waals surface area contributed by atoms with Crippen molar-refractivity contribution >= 4 is 11.4 Å². The molecule has 0 bridgehead atoms. The van der Waals surface area contributed by atoms with Gasteiger partial charge >= 0.3 is 0 Å². The van der Waals surface area contributed by atoms with Crippen molar-refractivity contribution in [1.29, 1.82) is 0 Å². The number of benzene rings is 3. The summed E-state index contributed by atoms with van der Waals surface area (Å²) in [5.74, 6) is -1.45. The Balaban J connectivity index is 1.22. The summed E-state index contributed by atoms with van der Waals surface area (Å²) in [6.45, 7) is 1.23. The summed E-state index contributed by atoms with van der Waals surface area (Å²) in [4.78, 5) is 8.95. The number of halogens is 3. The standard InChI is InChI=1S/C30H29F3N2O2/c31-24-16-20(26-8-1-3-14-34-26)10-12-28(24)36-18-22-6-5-7-23(30(22)33)19-37-29-13-11-21(17-25(29)32)27-9-2-4-15-35-27/h5-7,10-13,16-17H,1-4,8-9,14-15,18-19H2. The molecule has 3 aromatic carbocycles. The molecule has 0 saturated carbocycles. The first kappa shape index (κ1) is 25.1. The molecule has 5 rings (SSSR count). The Bertz CT molecular complexity index is 1240. The summed E-state index contributed by atoms with van der Waals surface area (Å²) in [7, 11) is 0. The first-order valence-corrected chi connectivity index (χ1v) is 12.8. The summed E-state index contributed by atoms with van der Waals surface area (Å²) in [6, 6.07) is 14.3. The lowest BCUT2D eigenvalue weighted by Crippen LogP contribution is -2.09. The zero-order valence-corrected chi connectivity index (χ0v) is 20.6. The van der Waals surface area contributed by atoms with Crippen LogP contribution >= 0.6 is 0 Å². The fourth-order valence-electron chi connectivity index (χ4n) is 4.63. The molecule has 0 fully saturated rings. The average Bonchev–Trinajstić information content (AvgIpc) is 2.94. The quantitative estimate of drug-likeness (QED) is 0.324. The van der Waals surface area contributed by atoms with Crippen molar-refractivity contribution in [2.24, 2.45) is 9.98 Å². The summed E-state index contributed by atoms with van der Waals surface area (Å²) < 4.78 is 55.6. The van der Waals surface area contributed by atoms with E-state index < -0.39 is 17.5 Å². The van der Waals surface area contributed by atoms with E-state index in [1.54, 1.807) is 42.5 Å². The van der Waals surface area contributed by atoms with E-state index >= 15 is 4.39 Å². The molecule has 3 aromatic rings. The number of hydrogen-bond acceptors (Lipinski definition) is 4. The monoisotopic (exact) mass is 506 g/mol. The summed E-state index contributed by atoms with van der Waals surface area (Å²) in [6.07, 6.45) is 5.88. The SMILES string of the molecule is Fc1cc(C2=NCCCC2)ccc1OCc1cccc(COc2ccc(C3=NCCCC3)cc2F)c1F. The van der Waals surface area contributed by atoms with Gasteiger partial charge in [-0.05, 0) is 86.1 Å². The molecule has 0 spiro atoms. The topological polar surface area (TPSA) is 43.2 Å². The van der Waals surface area contributed by atoms with Crippen LogP contribution in [0.5, 0.6) is 11.5 Å². The van der Waals surface area contributed by atoms with E-state index in [4.69, 9.17) is 9.47 Å². The fourth-order valence-corrected chi connectivity index (χ4v) is 4.63. The molecular weight excluding hydrogens is 477 g/mol. The summed E-state index contributed by atoms with van der Waals surface area (Å²) >= 11 is 0. The molecule has 2 aliphatic rings. The first-order valence-electron chi connectivity index (χ1n) is 12.8. The molecule has 0 aromatic heterocycles. The summed E-state index contributed by atoms with van der Waals surface area (Å²) in [5.41, 5.74) is 3.83. The second-order valence-electron chi connectivity index (χ2n) is 9.33. The molecule has 0 amide bonds. The maximum absolute atomic E-state index is 15.1. The fraction of sp³-hybridized carbons (Fsp3) is 0.333. The molecule has 0 radical (unpaired) electrons. The van der Waals surface area contributed by atoms with Crippen LogP contribution in [0.3, 0.4) is 0 Å². The van der Waals surface area contributed by atoms with E-state index in [0.717, 1.165) is 74.2 Å². The van der Waals surface area contributed by atoms with Gasteiger partial charge in [0.2, 0.25) is 0 Å². The zero-order valence-electron chi connectivity index (χ0n) is 20.6. The molecule has 2 aliphatic heterocycles. The molecule has 7 heteroatoms. The van der Waals surface area contributed by atoms with Crippen molar-refractivity contribution in [3.8, 4) is 11.5 Å². The van der Waals surface area contributed by atoms with Gasteiger partial charge in [0, 0.05) is 35.6 Å². The number of nitrogens with zero attached hydrogens (tertiary/aromatic N) is 2. The Morgan fingerprint density at radius 1 is 0.622 bits per heavy atom. The number of ether oxygens (including phenoxy) is 2. The van der Waals surface area contributed by atoms with Crippen molar-refractivity contribution in [2.75, 3.05) is 13.1 Å². The second kappa shape index (κ2) is 11.6. The first-order chi connectivity index (χ1) is 18.1. The smallest absolute Gasteiger partial charge is 0.165 e. The highest BCUT2D eigenvalue weighted by Crippen LogP contribution is 2.25. The van der Waals surface area contributed by atoms with E-state index in [0.29, 0.717) is 0 Å². The van der Waals surface area contributed by atoms with Gasteiger partial charge in [0.1, 0.15) is 19.0 Å². The van der Waals surface area contributed by atoms with Crippen LogP contribution in [0.25, 0.3) is 0 Å². The molecule has 0 N–H and O–H groups in total. The van der Waals surface area contributed by atoms with Crippen LogP contribution in [0.4, 0.5) is 13.2 Å². The van der Waals surface area contributed by atoms with Crippen LogP contribution in [0.1, 0.15) is 60.8 Å². The molecular formula is C30H29F3N2O2. The Kier molecular flexibility index (Phi) is 7.87. The molecule has 0 unspecified atom stereocenters. The highest BCUT2D eigenvalue weighted by molar-refractivity contribution is 6.01. The maximum atomic E-state index is 15.1. The van der Waals surface area contributed by atoms with E-state index in [1.807, 2.05) is 0 Å². The van der Waals surface area contributed by atoms with E-state index in [9.17, 15) is 8.78 Å². The van der Waals surface area contributed by atoms with Gasteiger partial charge in [-0.1, -0.05) is 18.2 Å². The largest absolute Gasteiger partial charge is 0.486 e. The minimum Gasteiger partial charge on any atom is -0.486 e. The van der Waals surface area contributed by atoms with E-state index in [1.165, 1.54) is 12.1 Å². The molecule has 37 heavy (non-hydrogen) atoms. The third-order valence-corrected chi connectivity index (χ3v) is 6.70. The van der Waals surface area contributed by atoms with Gasteiger partial charge in [0.25, 0.3) is 0 Å². The van der Waals surface area contributed by atoms with Crippen LogP contribution in [-0.4, -0.2) is 24.5 Å². The molecule has 4 nitrogen and oxygen atoms in total. The van der Waals surface area contributed by atoms with Gasteiger partial charge in [-0.25, -0.2) is 13.2 Å². The van der Waals surface area contributed by atoms with Gasteiger partial charge < -0.3 is 9.47 Å². The Hall–Kier alpha value is -3.61. The van der Waals surface area contributed by atoms with Crippen molar-refractivity contribution in [2.45, 2.75) is 51.7 Å². The van der Waals surface area contributed by atoms with Crippen LogP contribution in [0, 0.1) is 17.5 Å². The van der Waals surface area contributed by atoms with Gasteiger partial charge in [0.05, 0.1) is 0 Å². The van der Waals surface area contributed by atoms with Crippen LogP contribution in [0.15, 0.2) is 64.6 Å². The molecule has 192 valence electrons. The van der Waals surface area contributed by atoms with Crippen LogP contribution in [0.2, 0.25) is 0 Å². The third kappa shape index (κ3) is 6.04. The van der Waals surface area contributed by atoms with Gasteiger partial charge in [0.15, 0.2) is 23.1 Å². The second-order valence-corrected chi connectivity index (χ2v) is 9.33. The highest BCUT2D eigenvalue weighted by atomic mass is 19.1. The minimum atomic E-state index is -0.523.